The molecule has 0 bridgehead atoms. The second kappa shape index (κ2) is 8.39. The summed E-state index contributed by atoms with van der Waals surface area (Å²) in [4.78, 5) is 23.5. The molecule has 2 aromatic rings. The van der Waals surface area contributed by atoms with Crippen LogP contribution in [0.15, 0.2) is 54.6 Å². The lowest BCUT2D eigenvalue weighted by molar-refractivity contribution is -0.120. The van der Waals surface area contributed by atoms with Gasteiger partial charge >= 0.3 is 0 Å². The Morgan fingerprint density at radius 2 is 1.58 bits per heavy atom. The molecule has 26 heavy (non-hydrogen) atoms. The van der Waals surface area contributed by atoms with Gasteiger partial charge in [-0.15, -0.1) is 0 Å². The maximum absolute atomic E-state index is 11.8. The van der Waals surface area contributed by atoms with Gasteiger partial charge in [0.05, 0.1) is 5.54 Å². The van der Waals surface area contributed by atoms with Gasteiger partial charge in [-0.25, -0.2) is 0 Å². The number of carbonyl (C=O) groups excluding carboxylic acids is 2. The topological polar surface area (TPSA) is 58.2 Å². The molecule has 2 aromatic carbocycles. The van der Waals surface area contributed by atoms with E-state index in [4.69, 9.17) is 23.2 Å². The van der Waals surface area contributed by atoms with E-state index < -0.39 is 5.54 Å². The van der Waals surface area contributed by atoms with Gasteiger partial charge in [0.1, 0.15) is 0 Å². The Morgan fingerprint density at radius 1 is 0.962 bits per heavy atom. The van der Waals surface area contributed by atoms with Crippen molar-refractivity contribution in [1.29, 1.82) is 0 Å². The van der Waals surface area contributed by atoms with Crippen molar-refractivity contribution in [1.82, 2.24) is 10.6 Å². The number of carbonyl (C=O) groups is 2. The van der Waals surface area contributed by atoms with Crippen LogP contribution in [0.5, 0.6) is 0 Å². The van der Waals surface area contributed by atoms with Gasteiger partial charge in [-0.05, 0) is 48.4 Å². The molecule has 0 fully saturated rings. The fraction of sp³-hybridized carbons (Fsp3) is 0.200. The highest BCUT2D eigenvalue weighted by atomic mass is 35.5. The molecule has 0 aliphatic carbocycles. The summed E-state index contributed by atoms with van der Waals surface area (Å²) in [5, 5.41) is 6.84. The predicted molar refractivity (Wildman–Crippen MR) is 106 cm³/mol. The normalized spacial score (nSPS) is 13.7. The van der Waals surface area contributed by atoms with Gasteiger partial charge in [0.2, 0.25) is 11.8 Å². The van der Waals surface area contributed by atoms with Crippen molar-refractivity contribution in [2.75, 3.05) is 0 Å². The zero-order chi connectivity index (χ0) is 19.3. The number of hydrogen-bond acceptors (Lipinski definition) is 2. The fourth-order valence-corrected chi connectivity index (χ4v) is 3.08. The molecule has 6 heteroatoms. The van der Waals surface area contributed by atoms with Gasteiger partial charge in [0, 0.05) is 29.6 Å². The van der Waals surface area contributed by atoms with E-state index >= 15 is 0 Å². The second-order valence-electron chi connectivity index (χ2n) is 6.14. The summed E-state index contributed by atoms with van der Waals surface area (Å²) < 4.78 is 0. The largest absolute Gasteiger partial charge is 0.344 e. The van der Waals surface area contributed by atoms with E-state index in [2.05, 4.69) is 10.6 Å². The Labute approximate surface area is 163 Å². The molecule has 0 radical (unpaired) electrons. The van der Waals surface area contributed by atoms with Crippen molar-refractivity contribution >= 4 is 40.7 Å². The summed E-state index contributed by atoms with van der Waals surface area (Å²) >= 11 is 12.2. The summed E-state index contributed by atoms with van der Waals surface area (Å²) in [6.45, 7) is 4.70. The molecule has 2 amide bonds. The van der Waals surface area contributed by atoms with Crippen LogP contribution in [0.3, 0.4) is 0 Å². The predicted octanol–water partition coefficient (Wildman–Crippen LogP) is 4.52. The van der Waals surface area contributed by atoms with Crippen molar-refractivity contribution in [3.8, 4) is 0 Å². The van der Waals surface area contributed by atoms with Gasteiger partial charge in [0.15, 0.2) is 0 Å². The van der Waals surface area contributed by atoms with Crippen molar-refractivity contribution < 1.29 is 9.59 Å². The third kappa shape index (κ3) is 5.35. The first-order valence-electron chi connectivity index (χ1n) is 8.01. The minimum Gasteiger partial charge on any atom is -0.344 e. The van der Waals surface area contributed by atoms with Gasteiger partial charge in [-0.1, -0.05) is 47.5 Å². The van der Waals surface area contributed by atoms with Crippen LogP contribution >= 0.6 is 23.2 Å². The first-order chi connectivity index (χ1) is 12.2. The minimum absolute atomic E-state index is 0.211. The molecular formula is C20H20Cl2N2O2. The van der Waals surface area contributed by atoms with E-state index in [0.29, 0.717) is 15.7 Å². The quantitative estimate of drug-likeness (QED) is 0.787. The molecule has 0 spiro atoms. The highest BCUT2D eigenvalue weighted by molar-refractivity contribution is 6.31. The number of halogens is 2. The second-order valence-corrected chi connectivity index (χ2v) is 7.02. The zero-order valence-corrected chi connectivity index (χ0v) is 16.3. The van der Waals surface area contributed by atoms with Crippen molar-refractivity contribution in [3.05, 3.63) is 75.8 Å². The molecule has 2 N–H and O–H groups in total. The van der Waals surface area contributed by atoms with Crippen molar-refractivity contribution in [3.63, 3.8) is 0 Å². The highest BCUT2D eigenvalue weighted by Gasteiger charge is 2.27. The number of amides is 2. The van der Waals surface area contributed by atoms with Gasteiger partial charge in [0.25, 0.3) is 0 Å². The molecule has 136 valence electrons. The summed E-state index contributed by atoms with van der Waals surface area (Å²) in [6, 6.07) is 14.3. The summed E-state index contributed by atoms with van der Waals surface area (Å²) in [6.07, 6.45) is 1.78. The maximum Gasteiger partial charge on any atom is 0.221 e. The van der Waals surface area contributed by atoms with Crippen LogP contribution < -0.4 is 10.6 Å². The zero-order valence-electron chi connectivity index (χ0n) is 14.8. The minimum atomic E-state index is -0.892. The van der Waals surface area contributed by atoms with E-state index in [0.717, 1.165) is 11.1 Å². The highest BCUT2D eigenvalue weighted by Crippen LogP contribution is 2.29. The monoisotopic (exact) mass is 390 g/mol. The Kier molecular flexibility index (Phi) is 6.46. The van der Waals surface area contributed by atoms with Crippen LogP contribution in [-0.4, -0.2) is 11.8 Å². The van der Waals surface area contributed by atoms with E-state index in [1.165, 1.54) is 13.8 Å². The van der Waals surface area contributed by atoms with Crippen molar-refractivity contribution in [2.45, 2.75) is 26.3 Å². The lowest BCUT2D eigenvalue weighted by Crippen LogP contribution is -2.41. The standard InChI is InChI=1S/C20H20Cl2N2O2/c1-13(25)23-19(15-6-4-8-17(21)10-15)12-20(3,24-14(2)26)16-7-5-9-18(22)11-16/h4-12H,1-3H3,(H,23,25)(H,24,26)/b19-12+. The molecule has 2 rings (SSSR count). The molecule has 0 saturated heterocycles. The summed E-state index contributed by atoms with van der Waals surface area (Å²) in [7, 11) is 0. The summed E-state index contributed by atoms with van der Waals surface area (Å²) in [5.41, 5.74) is 1.16. The molecule has 1 atom stereocenters. The fourth-order valence-electron chi connectivity index (χ4n) is 2.69. The lowest BCUT2D eigenvalue weighted by Gasteiger charge is -2.29. The molecule has 1 unspecified atom stereocenters. The number of benzene rings is 2. The molecule has 4 nitrogen and oxygen atoms in total. The van der Waals surface area contributed by atoms with E-state index in [-0.39, 0.29) is 11.8 Å². The van der Waals surface area contributed by atoms with E-state index in [9.17, 15) is 9.59 Å². The molecule has 0 aliphatic rings. The van der Waals surface area contributed by atoms with Crippen LogP contribution in [0, 0.1) is 0 Å². The maximum atomic E-state index is 11.8. The average molecular weight is 391 g/mol. The van der Waals surface area contributed by atoms with Crippen molar-refractivity contribution in [2.24, 2.45) is 0 Å². The van der Waals surface area contributed by atoms with Crippen LogP contribution in [0.1, 0.15) is 31.9 Å². The number of nitrogens with one attached hydrogen (secondary N) is 2. The van der Waals surface area contributed by atoms with Crippen LogP contribution in [0.4, 0.5) is 0 Å². The SMILES string of the molecule is CC(=O)N/C(=C/C(C)(NC(C)=O)c1cccc(Cl)c1)c1cccc(Cl)c1. The summed E-state index contributed by atoms with van der Waals surface area (Å²) in [5.74, 6) is -0.440. The van der Waals surface area contributed by atoms with Gasteiger partial charge < -0.3 is 10.6 Å². The molecule has 0 aliphatic heterocycles. The first kappa shape index (κ1) is 20.0. The molecular weight excluding hydrogens is 371 g/mol. The Hall–Kier alpha value is -2.30. The van der Waals surface area contributed by atoms with Crippen LogP contribution in [0.25, 0.3) is 5.70 Å². The Balaban J connectivity index is 2.62. The van der Waals surface area contributed by atoms with Gasteiger partial charge in [-0.3, -0.25) is 9.59 Å². The van der Waals surface area contributed by atoms with E-state index in [1.54, 1.807) is 36.4 Å². The van der Waals surface area contributed by atoms with Crippen LogP contribution in [0.2, 0.25) is 10.0 Å². The van der Waals surface area contributed by atoms with Crippen LogP contribution in [-0.2, 0) is 15.1 Å². The third-order valence-corrected chi connectivity index (χ3v) is 4.21. The molecule has 0 aromatic heterocycles. The lowest BCUT2D eigenvalue weighted by atomic mass is 9.89. The van der Waals surface area contributed by atoms with Gasteiger partial charge in [-0.2, -0.15) is 0 Å². The Morgan fingerprint density at radius 3 is 2.12 bits per heavy atom. The van der Waals surface area contributed by atoms with E-state index in [1.807, 2.05) is 25.1 Å². The smallest absolute Gasteiger partial charge is 0.221 e. The molecule has 0 heterocycles. The molecule has 0 saturated carbocycles. The average Bonchev–Trinajstić information content (AvgIpc) is 2.53. The number of rotatable bonds is 5. The number of hydrogen-bond donors (Lipinski definition) is 2. The first-order valence-corrected chi connectivity index (χ1v) is 8.76. The third-order valence-electron chi connectivity index (χ3n) is 3.74. The Bertz CT molecular complexity index is 864.